The van der Waals surface area contributed by atoms with Crippen LogP contribution in [-0.4, -0.2) is 68.5 Å². The third-order valence-corrected chi connectivity index (χ3v) is 11.7. The van der Waals surface area contributed by atoms with Crippen molar-refractivity contribution in [3.05, 3.63) is 23.3 Å². The number of esters is 2. The lowest BCUT2D eigenvalue weighted by atomic mass is 9.58. The first-order valence-corrected chi connectivity index (χ1v) is 16.1. The Morgan fingerprint density at radius 1 is 1.10 bits per heavy atom. The molecule has 0 aromatic heterocycles. The van der Waals surface area contributed by atoms with Gasteiger partial charge in [0, 0.05) is 23.7 Å². The molecule has 0 amide bonds. The molecule has 2 bridgehead atoms. The highest BCUT2D eigenvalue weighted by atomic mass is 16.6. The SMILES string of the molecule is CCCCCCCC(=O)O[C@@]12C[C@@H](C)[C@]34C=C(C)[C@H](OC(=O)C(C)C(C)C)[C@@]3(O)[C@H](O)C(CO)=C[C@H](C4O)[C@@H]1C2(C)C. The number of hydrogen-bond donors (Lipinski definition) is 4. The number of rotatable bonds is 11. The van der Waals surface area contributed by atoms with Gasteiger partial charge in [0.1, 0.15) is 17.3 Å². The van der Waals surface area contributed by atoms with Crippen molar-refractivity contribution in [1.82, 2.24) is 0 Å². The Balaban J connectivity index is 1.75. The van der Waals surface area contributed by atoms with Gasteiger partial charge in [-0.25, -0.2) is 0 Å². The second kappa shape index (κ2) is 11.6. The van der Waals surface area contributed by atoms with Crippen LogP contribution < -0.4 is 0 Å². The molecule has 0 heterocycles. The van der Waals surface area contributed by atoms with E-state index in [4.69, 9.17) is 9.47 Å². The summed E-state index contributed by atoms with van der Waals surface area (Å²) in [4.78, 5) is 26.4. The number of hydrogen-bond acceptors (Lipinski definition) is 8. The fourth-order valence-corrected chi connectivity index (χ4v) is 8.82. The van der Waals surface area contributed by atoms with E-state index in [-0.39, 0.29) is 23.4 Å². The Labute approximate surface area is 251 Å². The Morgan fingerprint density at radius 2 is 1.74 bits per heavy atom. The summed E-state index contributed by atoms with van der Waals surface area (Å²) in [6, 6.07) is 0. The Morgan fingerprint density at radius 3 is 2.33 bits per heavy atom. The smallest absolute Gasteiger partial charge is 0.309 e. The number of unbranched alkanes of at least 4 members (excludes halogenated alkanes) is 4. The van der Waals surface area contributed by atoms with Gasteiger partial charge in [-0.05, 0) is 42.7 Å². The molecule has 2 saturated carbocycles. The molecule has 2 unspecified atom stereocenters. The molecule has 10 atom stereocenters. The Kier molecular flexibility index (Phi) is 9.19. The summed E-state index contributed by atoms with van der Waals surface area (Å²) >= 11 is 0. The van der Waals surface area contributed by atoms with E-state index in [2.05, 4.69) is 6.92 Å². The summed E-state index contributed by atoms with van der Waals surface area (Å²) in [6.07, 6.45) is 5.22. The van der Waals surface area contributed by atoms with Crippen LogP contribution in [0.5, 0.6) is 0 Å². The number of aliphatic hydroxyl groups excluding tert-OH is 3. The van der Waals surface area contributed by atoms with Crippen LogP contribution in [0.2, 0.25) is 0 Å². The van der Waals surface area contributed by atoms with Crippen molar-refractivity contribution in [1.29, 1.82) is 0 Å². The Hall–Kier alpha value is -1.74. The van der Waals surface area contributed by atoms with Crippen molar-refractivity contribution in [2.45, 2.75) is 130 Å². The number of carbonyl (C=O) groups excluding carboxylic acids is 2. The molecule has 4 N–H and O–H groups in total. The van der Waals surface area contributed by atoms with Crippen molar-refractivity contribution in [2.24, 2.45) is 40.4 Å². The first-order valence-electron chi connectivity index (χ1n) is 16.1. The van der Waals surface area contributed by atoms with Gasteiger partial charge in [-0.1, -0.05) is 86.3 Å². The van der Waals surface area contributed by atoms with Crippen LogP contribution in [0.25, 0.3) is 0 Å². The molecule has 8 heteroatoms. The standard InChI is InChI=1S/C34H54O8/c1-9-10-11-12-13-14-25(36)42-33-17-21(5)32-16-20(4)29(41-30(39)22(6)19(2)3)34(32,40)27(37)23(18-35)15-24(28(32)38)26(33)31(33,7)8/h15-16,19,21-22,24,26-29,35,37-38,40H,9-14,17-18H2,1-8H3/t21-,22?,24+,26-,27-,28?,29+,32+,33+,34+/m1/s1. The van der Waals surface area contributed by atoms with E-state index in [1.807, 2.05) is 34.6 Å². The average molecular weight is 591 g/mol. The van der Waals surface area contributed by atoms with Crippen LogP contribution in [-0.2, 0) is 19.1 Å². The molecule has 4 rings (SSSR count). The lowest BCUT2D eigenvalue weighted by molar-refractivity contribution is -0.227. The maximum absolute atomic E-state index is 13.2. The van der Waals surface area contributed by atoms with E-state index in [1.54, 1.807) is 26.0 Å². The van der Waals surface area contributed by atoms with Gasteiger partial charge in [0.05, 0.1) is 24.0 Å². The zero-order valence-corrected chi connectivity index (χ0v) is 26.9. The number of carbonyl (C=O) groups is 2. The van der Waals surface area contributed by atoms with Crippen LogP contribution in [0.1, 0.15) is 100 Å². The van der Waals surface area contributed by atoms with Crippen LogP contribution in [0.3, 0.4) is 0 Å². The zero-order chi connectivity index (χ0) is 31.4. The molecular weight excluding hydrogens is 536 g/mol. The molecule has 0 radical (unpaired) electrons. The molecule has 0 aromatic carbocycles. The lowest BCUT2D eigenvalue weighted by Crippen LogP contribution is -2.67. The number of ether oxygens (including phenoxy) is 2. The molecule has 4 aliphatic rings. The first kappa shape index (κ1) is 33.2. The summed E-state index contributed by atoms with van der Waals surface area (Å²) in [7, 11) is 0. The minimum absolute atomic E-state index is 0.000977. The third-order valence-electron chi connectivity index (χ3n) is 11.7. The Bertz CT molecular complexity index is 1110. The molecule has 0 aliphatic heterocycles. The minimum Gasteiger partial charge on any atom is -0.458 e. The molecule has 238 valence electrons. The van der Waals surface area contributed by atoms with Crippen molar-refractivity contribution < 1.29 is 39.5 Å². The average Bonchev–Trinajstić information content (AvgIpc) is 3.32. The van der Waals surface area contributed by atoms with Crippen LogP contribution in [0.4, 0.5) is 0 Å². The van der Waals surface area contributed by atoms with Gasteiger partial charge in [0.2, 0.25) is 0 Å². The lowest BCUT2D eigenvalue weighted by Gasteiger charge is -2.52. The van der Waals surface area contributed by atoms with Crippen LogP contribution in [0, 0.1) is 40.4 Å². The summed E-state index contributed by atoms with van der Waals surface area (Å²) in [5, 5.41) is 47.3. The fourth-order valence-electron chi connectivity index (χ4n) is 8.82. The normalized spacial score (nSPS) is 40.6. The van der Waals surface area contributed by atoms with E-state index in [0.29, 0.717) is 18.4 Å². The van der Waals surface area contributed by atoms with Crippen molar-refractivity contribution in [3.8, 4) is 0 Å². The van der Waals surface area contributed by atoms with E-state index in [9.17, 15) is 30.0 Å². The maximum Gasteiger partial charge on any atom is 0.309 e. The summed E-state index contributed by atoms with van der Waals surface area (Å²) in [5.41, 5.74) is -4.23. The quantitative estimate of drug-likeness (QED) is 0.157. The number of aliphatic hydroxyl groups is 4. The van der Waals surface area contributed by atoms with Gasteiger partial charge in [0.15, 0.2) is 6.10 Å². The predicted molar refractivity (Wildman–Crippen MR) is 159 cm³/mol. The van der Waals surface area contributed by atoms with Gasteiger partial charge >= 0.3 is 11.9 Å². The van der Waals surface area contributed by atoms with Gasteiger partial charge in [-0.15, -0.1) is 0 Å². The molecule has 0 saturated heterocycles. The zero-order valence-electron chi connectivity index (χ0n) is 26.9. The van der Waals surface area contributed by atoms with Crippen molar-refractivity contribution >= 4 is 11.9 Å². The van der Waals surface area contributed by atoms with E-state index >= 15 is 0 Å². The largest absolute Gasteiger partial charge is 0.458 e. The van der Waals surface area contributed by atoms with Gasteiger partial charge in [-0.2, -0.15) is 0 Å². The highest BCUT2D eigenvalue weighted by Crippen LogP contribution is 2.76. The molecule has 2 fully saturated rings. The molecule has 8 nitrogen and oxygen atoms in total. The van der Waals surface area contributed by atoms with Crippen LogP contribution in [0.15, 0.2) is 23.3 Å². The summed E-state index contributed by atoms with van der Waals surface area (Å²) in [6.45, 7) is 14.9. The van der Waals surface area contributed by atoms with Gasteiger partial charge < -0.3 is 29.9 Å². The molecule has 4 aliphatic carbocycles. The predicted octanol–water partition coefficient (Wildman–Crippen LogP) is 4.48. The topological polar surface area (TPSA) is 134 Å². The second-order valence-electron chi connectivity index (χ2n) is 14.7. The van der Waals surface area contributed by atoms with E-state index < -0.39 is 70.7 Å². The highest BCUT2D eigenvalue weighted by molar-refractivity contribution is 5.73. The van der Waals surface area contributed by atoms with E-state index in [0.717, 1.165) is 32.1 Å². The molecule has 1 spiro atoms. The molecule has 0 aromatic rings. The molecule has 42 heavy (non-hydrogen) atoms. The van der Waals surface area contributed by atoms with E-state index in [1.165, 1.54) is 0 Å². The number of fused-ring (bicyclic) bond motifs is 3. The maximum atomic E-state index is 13.2. The van der Waals surface area contributed by atoms with Crippen molar-refractivity contribution in [3.63, 3.8) is 0 Å². The monoisotopic (exact) mass is 590 g/mol. The van der Waals surface area contributed by atoms with Gasteiger partial charge in [0.25, 0.3) is 0 Å². The minimum atomic E-state index is -2.14. The van der Waals surface area contributed by atoms with Crippen molar-refractivity contribution in [2.75, 3.05) is 6.61 Å². The molecular formula is C34H54O8. The van der Waals surface area contributed by atoms with Gasteiger partial charge in [-0.3, -0.25) is 9.59 Å². The second-order valence-corrected chi connectivity index (χ2v) is 14.7. The van der Waals surface area contributed by atoms with Crippen LogP contribution >= 0.6 is 0 Å². The summed E-state index contributed by atoms with van der Waals surface area (Å²) in [5.74, 6) is -2.60. The summed E-state index contributed by atoms with van der Waals surface area (Å²) < 4.78 is 12.4. The fraction of sp³-hybridized carbons (Fsp3) is 0.824. The first-order chi connectivity index (χ1) is 19.6. The third kappa shape index (κ3) is 4.70. The highest BCUT2D eigenvalue weighted by Gasteiger charge is 2.83.